The third-order valence-electron chi connectivity index (χ3n) is 3.80. The number of aryl methyl sites for hydroxylation is 4. The van der Waals surface area contributed by atoms with Crippen LogP contribution in [0.1, 0.15) is 34.8 Å². The number of rotatable bonds is 3. The molecular weight excluding hydrogens is 274 g/mol. The topological polar surface area (TPSA) is 76.2 Å². The van der Waals surface area contributed by atoms with Gasteiger partial charge in [0.25, 0.3) is 0 Å². The van der Waals surface area contributed by atoms with Crippen molar-refractivity contribution in [3.05, 3.63) is 52.6 Å². The smallest absolute Gasteiger partial charge is 0.193 e. The van der Waals surface area contributed by atoms with Crippen LogP contribution in [0.3, 0.4) is 0 Å². The fourth-order valence-electron chi connectivity index (χ4n) is 2.88. The number of hydrogen-bond acceptors (Lipinski definition) is 3. The summed E-state index contributed by atoms with van der Waals surface area (Å²) in [4.78, 5) is 13.0. The Balaban J connectivity index is 1.67. The first-order valence-corrected chi connectivity index (χ1v) is 7.60. The first-order valence-electron chi connectivity index (χ1n) is 7.60. The third-order valence-corrected chi connectivity index (χ3v) is 3.80. The van der Waals surface area contributed by atoms with Crippen molar-refractivity contribution in [3.63, 3.8) is 0 Å². The highest BCUT2D eigenvalue weighted by Gasteiger charge is 2.10. The van der Waals surface area contributed by atoms with Gasteiger partial charge in [-0.3, -0.25) is 0 Å². The van der Waals surface area contributed by atoms with Crippen LogP contribution in [0.2, 0.25) is 0 Å². The SMILES string of the molecule is Cc1cc(CN=C(N)Nc2ccc3c(c2)CCC3)nc(C)n1. The first kappa shape index (κ1) is 14.5. The number of aliphatic imine (C=N–C) groups is 1. The molecule has 3 N–H and O–H groups in total. The lowest BCUT2D eigenvalue weighted by Crippen LogP contribution is -2.22. The van der Waals surface area contributed by atoms with E-state index in [-0.39, 0.29) is 0 Å². The average Bonchev–Trinajstić information content (AvgIpc) is 2.92. The average molecular weight is 295 g/mol. The molecule has 2 aromatic rings. The van der Waals surface area contributed by atoms with E-state index in [1.54, 1.807) is 0 Å². The number of aromatic nitrogens is 2. The normalized spacial score (nSPS) is 14.0. The number of fused-ring (bicyclic) bond motifs is 1. The van der Waals surface area contributed by atoms with E-state index in [1.165, 1.54) is 24.0 Å². The summed E-state index contributed by atoms with van der Waals surface area (Å²) in [6.07, 6.45) is 3.59. The lowest BCUT2D eigenvalue weighted by Gasteiger charge is -2.08. The van der Waals surface area contributed by atoms with E-state index in [4.69, 9.17) is 5.73 Å². The molecule has 0 amide bonds. The summed E-state index contributed by atoms with van der Waals surface area (Å²) in [5, 5.41) is 3.16. The van der Waals surface area contributed by atoms with Gasteiger partial charge in [0.15, 0.2) is 5.96 Å². The number of guanidine groups is 1. The van der Waals surface area contributed by atoms with E-state index in [0.717, 1.165) is 29.3 Å². The molecule has 0 unspecified atom stereocenters. The van der Waals surface area contributed by atoms with Crippen LogP contribution in [0, 0.1) is 13.8 Å². The van der Waals surface area contributed by atoms with E-state index < -0.39 is 0 Å². The number of benzene rings is 1. The van der Waals surface area contributed by atoms with E-state index in [2.05, 4.69) is 38.5 Å². The van der Waals surface area contributed by atoms with Crippen molar-refractivity contribution in [2.24, 2.45) is 10.7 Å². The van der Waals surface area contributed by atoms with Gasteiger partial charge in [0.05, 0.1) is 12.2 Å². The second-order valence-corrected chi connectivity index (χ2v) is 5.71. The molecule has 0 fully saturated rings. The number of nitrogens with two attached hydrogens (primary N) is 1. The maximum atomic E-state index is 5.97. The van der Waals surface area contributed by atoms with Crippen LogP contribution in [0.25, 0.3) is 0 Å². The van der Waals surface area contributed by atoms with Crippen molar-refractivity contribution in [2.75, 3.05) is 5.32 Å². The maximum absolute atomic E-state index is 5.97. The van der Waals surface area contributed by atoms with Gasteiger partial charge in [-0.05, 0) is 62.4 Å². The molecule has 1 heterocycles. The van der Waals surface area contributed by atoms with Gasteiger partial charge in [-0.15, -0.1) is 0 Å². The number of anilines is 1. The zero-order chi connectivity index (χ0) is 15.5. The van der Waals surface area contributed by atoms with Crippen LogP contribution < -0.4 is 11.1 Å². The summed E-state index contributed by atoms with van der Waals surface area (Å²) in [6, 6.07) is 8.34. The molecule has 1 aliphatic carbocycles. The molecule has 0 spiro atoms. The Kier molecular flexibility index (Phi) is 4.04. The van der Waals surface area contributed by atoms with Crippen molar-refractivity contribution in [2.45, 2.75) is 39.7 Å². The summed E-state index contributed by atoms with van der Waals surface area (Å²) < 4.78 is 0. The Labute approximate surface area is 130 Å². The van der Waals surface area contributed by atoms with Gasteiger partial charge in [0, 0.05) is 11.4 Å². The molecule has 0 atom stereocenters. The molecule has 0 saturated heterocycles. The Bertz CT molecular complexity index is 701. The minimum absolute atomic E-state index is 0.409. The fourth-order valence-corrected chi connectivity index (χ4v) is 2.88. The standard InChI is InChI=1S/C17H21N5/c1-11-8-16(21-12(2)20-11)10-19-17(18)22-15-7-6-13-4-3-5-14(13)9-15/h6-9H,3-5,10H2,1-2H3,(H3,18,19,22). The predicted octanol–water partition coefficient (Wildman–Crippen LogP) is 2.51. The second-order valence-electron chi connectivity index (χ2n) is 5.71. The van der Waals surface area contributed by atoms with E-state index >= 15 is 0 Å². The maximum Gasteiger partial charge on any atom is 0.193 e. The van der Waals surface area contributed by atoms with Gasteiger partial charge < -0.3 is 11.1 Å². The highest BCUT2D eigenvalue weighted by molar-refractivity contribution is 5.92. The molecule has 1 aliphatic rings. The van der Waals surface area contributed by atoms with Gasteiger partial charge >= 0.3 is 0 Å². The van der Waals surface area contributed by atoms with Gasteiger partial charge in [-0.1, -0.05) is 6.07 Å². The Morgan fingerprint density at radius 1 is 1.18 bits per heavy atom. The first-order chi connectivity index (χ1) is 10.6. The fraction of sp³-hybridized carbons (Fsp3) is 0.353. The lowest BCUT2D eigenvalue weighted by molar-refractivity contribution is 0.906. The summed E-state index contributed by atoms with van der Waals surface area (Å²) in [5.41, 5.74) is 11.7. The van der Waals surface area contributed by atoms with Crippen LogP contribution >= 0.6 is 0 Å². The molecule has 0 bridgehead atoms. The van der Waals surface area contributed by atoms with Crippen molar-refractivity contribution >= 4 is 11.6 Å². The highest BCUT2D eigenvalue weighted by Crippen LogP contribution is 2.24. The number of hydrogen-bond donors (Lipinski definition) is 2. The summed E-state index contributed by atoms with van der Waals surface area (Å²) in [6.45, 7) is 4.29. The van der Waals surface area contributed by atoms with E-state index in [9.17, 15) is 0 Å². The van der Waals surface area contributed by atoms with Gasteiger partial charge in [-0.25, -0.2) is 15.0 Å². The van der Waals surface area contributed by atoms with Crippen molar-refractivity contribution < 1.29 is 0 Å². The highest BCUT2D eigenvalue weighted by atomic mass is 15.1. The predicted molar refractivity (Wildman–Crippen MR) is 88.9 cm³/mol. The molecule has 22 heavy (non-hydrogen) atoms. The Hall–Kier alpha value is -2.43. The van der Waals surface area contributed by atoms with Crippen LogP contribution in [0.4, 0.5) is 5.69 Å². The summed E-state index contributed by atoms with van der Waals surface area (Å²) >= 11 is 0. The zero-order valence-corrected chi connectivity index (χ0v) is 13.1. The van der Waals surface area contributed by atoms with Crippen LogP contribution in [-0.4, -0.2) is 15.9 Å². The molecule has 3 rings (SSSR count). The quantitative estimate of drug-likeness (QED) is 0.674. The van der Waals surface area contributed by atoms with Crippen molar-refractivity contribution in [1.82, 2.24) is 9.97 Å². The van der Waals surface area contributed by atoms with Crippen LogP contribution in [0.15, 0.2) is 29.3 Å². The number of nitrogens with zero attached hydrogens (tertiary/aromatic N) is 3. The number of nitrogens with one attached hydrogen (secondary N) is 1. The molecule has 1 aromatic carbocycles. The molecule has 114 valence electrons. The molecular formula is C17H21N5. The third kappa shape index (κ3) is 3.42. The Morgan fingerprint density at radius 3 is 2.82 bits per heavy atom. The molecule has 0 aliphatic heterocycles. The largest absolute Gasteiger partial charge is 0.370 e. The van der Waals surface area contributed by atoms with Gasteiger partial charge in [0.2, 0.25) is 0 Å². The van der Waals surface area contributed by atoms with E-state index in [1.807, 2.05) is 19.9 Å². The second kappa shape index (κ2) is 6.13. The molecule has 5 heteroatoms. The van der Waals surface area contributed by atoms with Crippen LogP contribution in [-0.2, 0) is 19.4 Å². The van der Waals surface area contributed by atoms with E-state index in [0.29, 0.717) is 12.5 Å². The molecule has 0 radical (unpaired) electrons. The van der Waals surface area contributed by atoms with Gasteiger partial charge in [-0.2, -0.15) is 0 Å². The Morgan fingerprint density at radius 2 is 2.00 bits per heavy atom. The summed E-state index contributed by atoms with van der Waals surface area (Å²) in [5.74, 6) is 1.17. The molecule has 1 aromatic heterocycles. The lowest BCUT2D eigenvalue weighted by atomic mass is 10.1. The molecule has 5 nitrogen and oxygen atoms in total. The zero-order valence-electron chi connectivity index (χ0n) is 13.1. The van der Waals surface area contributed by atoms with Crippen molar-refractivity contribution in [1.29, 1.82) is 0 Å². The van der Waals surface area contributed by atoms with Crippen molar-refractivity contribution in [3.8, 4) is 0 Å². The van der Waals surface area contributed by atoms with Gasteiger partial charge in [0.1, 0.15) is 5.82 Å². The van der Waals surface area contributed by atoms with Crippen LogP contribution in [0.5, 0.6) is 0 Å². The minimum atomic E-state index is 0.409. The summed E-state index contributed by atoms with van der Waals surface area (Å²) in [7, 11) is 0. The monoisotopic (exact) mass is 295 g/mol. The molecule has 0 saturated carbocycles. The minimum Gasteiger partial charge on any atom is -0.370 e.